The highest BCUT2D eigenvalue weighted by atomic mass is 32.2. The monoisotopic (exact) mass is 405 g/mol. The molecule has 4 N–H and O–H groups in total. The minimum atomic E-state index is -3.50. The van der Waals surface area contributed by atoms with Crippen LogP contribution in [0.25, 0.3) is 11.1 Å². The molecular formula is C19H23N3O5S. The van der Waals surface area contributed by atoms with Gasteiger partial charge in [0.05, 0.1) is 12.7 Å². The van der Waals surface area contributed by atoms with Crippen molar-refractivity contribution in [3.05, 3.63) is 54.1 Å². The summed E-state index contributed by atoms with van der Waals surface area (Å²) < 4.78 is 30.1. The highest BCUT2D eigenvalue weighted by molar-refractivity contribution is 7.88. The van der Waals surface area contributed by atoms with Crippen LogP contribution < -0.4 is 10.5 Å². The smallest absolute Gasteiger partial charge is 0.304 e. The van der Waals surface area contributed by atoms with E-state index >= 15 is 0 Å². The van der Waals surface area contributed by atoms with E-state index in [2.05, 4.69) is 0 Å². The number of carboxylic acid groups (broad SMARTS) is 1. The Labute approximate surface area is 164 Å². The number of aliphatic carboxylic acids is 1. The predicted octanol–water partition coefficient (Wildman–Crippen LogP) is 1.75. The molecule has 0 spiro atoms. The van der Waals surface area contributed by atoms with Gasteiger partial charge in [-0.2, -0.15) is 4.31 Å². The van der Waals surface area contributed by atoms with E-state index in [1.165, 1.54) is 0 Å². The van der Waals surface area contributed by atoms with Gasteiger partial charge in [-0.25, -0.2) is 8.42 Å². The standard InChI is InChI=1S/C19H23N3O5S/c1-28(25,26)22(11-10-18(23)24)12-13-27-17-8-6-15(7-9-17)14-2-4-16(5-3-14)19(20)21/h2-9H,10-13H2,1H3,(H3,20,21)(H,23,24). The van der Waals surface area contributed by atoms with Crippen LogP contribution in [0.1, 0.15) is 12.0 Å². The second kappa shape index (κ2) is 9.34. The maximum atomic E-state index is 11.7. The third kappa shape index (κ3) is 6.36. The molecule has 0 aliphatic carbocycles. The van der Waals surface area contributed by atoms with E-state index in [1.807, 2.05) is 24.3 Å². The average Bonchev–Trinajstić information content (AvgIpc) is 2.64. The Hall–Kier alpha value is -2.91. The van der Waals surface area contributed by atoms with Gasteiger partial charge in [0.2, 0.25) is 10.0 Å². The number of nitrogens with two attached hydrogens (primary N) is 1. The van der Waals surface area contributed by atoms with Crippen LogP contribution in [-0.4, -0.2) is 55.6 Å². The normalized spacial score (nSPS) is 11.4. The number of amidine groups is 1. The van der Waals surface area contributed by atoms with E-state index in [1.54, 1.807) is 24.3 Å². The van der Waals surface area contributed by atoms with E-state index in [-0.39, 0.29) is 32.0 Å². The fourth-order valence-corrected chi connectivity index (χ4v) is 3.34. The first-order valence-corrected chi connectivity index (χ1v) is 10.4. The number of ether oxygens (including phenoxy) is 1. The van der Waals surface area contributed by atoms with Crippen molar-refractivity contribution >= 4 is 21.8 Å². The summed E-state index contributed by atoms with van der Waals surface area (Å²) in [4.78, 5) is 10.7. The van der Waals surface area contributed by atoms with E-state index in [0.29, 0.717) is 11.3 Å². The maximum Gasteiger partial charge on any atom is 0.304 e. The summed E-state index contributed by atoms with van der Waals surface area (Å²) >= 11 is 0. The first-order valence-electron chi connectivity index (χ1n) is 8.51. The van der Waals surface area contributed by atoms with Gasteiger partial charge in [-0.1, -0.05) is 36.4 Å². The first kappa shape index (κ1) is 21.4. The van der Waals surface area contributed by atoms with Crippen LogP contribution >= 0.6 is 0 Å². The highest BCUT2D eigenvalue weighted by Crippen LogP contribution is 2.23. The van der Waals surface area contributed by atoms with E-state index in [9.17, 15) is 13.2 Å². The van der Waals surface area contributed by atoms with Crippen LogP contribution in [-0.2, 0) is 14.8 Å². The van der Waals surface area contributed by atoms with Crippen LogP contribution in [0.15, 0.2) is 48.5 Å². The molecule has 0 bridgehead atoms. The molecule has 0 unspecified atom stereocenters. The molecule has 0 aliphatic heterocycles. The summed E-state index contributed by atoms with van der Waals surface area (Å²) in [5.41, 5.74) is 8.03. The number of rotatable bonds is 10. The SMILES string of the molecule is CS(=O)(=O)N(CCOc1ccc(-c2ccc(C(=N)N)cc2)cc1)CCC(=O)O. The van der Waals surface area contributed by atoms with Crippen molar-refractivity contribution in [1.82, 2.24) is 4.31 Å². The molecule has 0 atom stereocenters. The van der Waals surface area contributed by atoms with Gasteiger partial charge in [0.25, 0.3) is 0 Å². The molecule has 2 aromatic carbocycles. The van der Waals surface area contributed by atoms with Crippen molar-refractivity contribution in [2.24, 2.45) is 5.73 Å². The van der Waals surface area contributed by atoms with Crippen LogP contribution in [0.3, 0.4) is 0 Å². The second-order valence-electron chi connectivity index (χ2n) is 6.17. The molecule has 2 aromatic rings. The van der Waals surface area contributed by atoms with Gasteiger partial charge in [-0.15, -0.1) is 0 Å². The lowest BCUT2D eigenvalue weighted by atomic mass is 10.0. The van der Waals surface area contributed by atoms with E-state index in [4.69, 9.17) is 21.0 Å². The summed E-state index contributed by atoms with van der Waals surface area (Å²) in [5.74, 6) is -0.459. The van der Waals surface area contributed by atoms with Gasteiger partial charge in [0.1, 0.15) is 18.2 Å². The fourth-order valence-electron chi connectivity index (χ4n) is 2.51. The molecular weight excluding hydrogens is 382 g/mol. The number of benzene rings is 2. The fraction of sp³-hybridized carbons (Fsp3) is 0.263. The topological polar surface area (TPSA) is 134 Å². The number of hydrogen-bond acceptors (Lipinski definition) is 5. The molecule has 0 saturated heterocycles. The average molecular weight is 405 g/mol. The number of hydrogen-bond donors (Lipinski definition) is 3. The molecule has 9 heteroatoms. The molecule has 0 heterocycles. The molecule has 0 fully saturated rings. The Morgan fingerprint density at radius 1 is 1.07 bits per heavy atom. The zero-order valence-corrected chi connectivity index (χ0v) is 16.3. The zero-order valence-electron chi connectivity index (χ0n) is 15.5. The van der Waals surface area contributed by atoms with Gasteiger partial charge in [0.15, 0.2) is 0 Å². The number of carboxylic acids is 1. The largest absolute Gasteiger partial charge is 0.492 e. The lowest BCUT2D eigenvalue weighted by Crippen LogP contribution is -2.35. The van der Waals surface area contributed by atoms with Crippen LogP contribution in [0.5, 0.6) is 5.75 Å². The summed E-state index contributed by atoms with van der Waals surface area (Å²) in [6.45, 7) is 0.0897. The lowest BCUT2D eigenvalue weighted by Gasteiger charge is -2.19. The Morgan fingerprint density at radius 3 is 2.07 bits per heavy atom. The molecule has 0 aliphatic rings. The summed E-state index contributed by atoms with van der Waals surface area (Å²) in [6.07, 6.45) is 0.783. The van der Waals surface area contributed by atoms with Crippen LogP contribution in [0, 0.1) is 5.41 Å². The quantitative estimate of drug-likeness (QED) is 0.407. The van der Waals surface area contributed by atoms with Crippen LogP contribution in [0.4, 0.5) is 0 Å². The van der Waals surface area contributed by atoms with Crippen molar-refractivity contribution in [1.29, 1.82) is 5.41 Å². The highest BCUT2D eigenvalue weighted by Gasteiger charge is 2.17. The number of nitrogen functional groups attached to an aromatic ring is 1. The Morgan fingerprint density at radius 2 is 1.61 bits per heavy atom. The number of sulfonamides is 1. The maximum absolute atomic E-state index is 11.7. The number of nitrogens with one attached hydrogen (secondary N) is 1. The summed E-state index contributed by atoms with van der Waals surface area (Å²) in [5, 5.41) is 16.1. The van der Waals surface area contributed by atoms with Gasteiger partial charge in [-0.3, -0.25) is 10.2 Å². The van der Waals surface area contributed by atoms with E-state index in [0.717, 1.165) is 21.7 Å². The van der Waals surface area contributed by atoms with Crippen molar-refractivity contribution in [2.75, 3.05) is 26.0 Å². The van der Waals surface area contributed by atoms with Gasteiger partial charge in [-0.05, 0) is 23.3 Å². The molecule has 0 saturated carbocycles. The zero-order chi connectivity index (χ0) is 20.7. The van der Waals surface area contributed by atoms with Gasteiger partial charge < -0.3 is 15.6 Å². The molecule has 0 radical (unpaired) electrons. The van der Waals surface area contributed by atoms with Crippen molar-refractivity contribution in [3.8, 4) is 16.9 Å². The Balaban J connectivity index is 1.94. The third-order valence-electron chi connectivity index (χ3n) is 4.04. The van der Waals surface area contributed by atoms with Gasteiger partial charge in [0, 0.05) is 18.7 Å². The summed E-state index contributed by atoms with van der Waals surface area (Å²) in [6, 6.07) is 14.6. The number of nitrogens with zero attached hydrogens (tertiary/aromatic N) is 1. The predicted molar refractivity (Wildman–Crippen MR) is 107 cm³/mol. The Bertz CT molecular complexity index is 925. The molecule has 150 valence electrons. The van der Waals surface area contributed by atoms with E-state index < -0.39 is 16.0 Å². The second-order valence-corrected chi connectivity index (χ2v) is 8.15. The minimum absolute atomic E-state index is 0.0155. The summed E-state index contributed by atoms with van der Waals surface area (Å²) in [7, 11) is -3.50. The molecule has 28 heavy (non-hydrogen) atoms. The molecule has 2 rings (SSSR count). The minimum Gasteiger partial charge on any atom is -0.492 e. The van der Waals surface area contributed by atoms with Crippen LogP contribution in [0.2, 0.25) is 0 Å². The third-order valence-corrected chi connectivity index (χ3v) is 5.34. The van der Waals surface area contributed by atoms with Gasteiger partial charge >= 0.3 is 5.97 Å². The number of carbonyl (C=O) groups is 1. The first-order chi connectivity index (χ1) is 13.2. The molecule has 0 aromatic heterocycles. The lowest BCUT2D eigenvalue weighted by molar-refractivity contribution is -0.137. The molecule has 0 amide bonds. The Kier molecular flexibility index (Phi) is 7.13. The molecule has 8 nitrogen and oxygen atoms in total. The van der Waals surface area contributed by atoms with Crippen molar-refractivity contribution < 1.29 is 23.1 Å². The van der Waals surface area contributed by atoms with Crippen molar-refractivity contribution in [3.63, 3.8) is 0 Å². The van der Waals surface area contributed by atoms with Crippen molar-refractivity contribution in [2.45, 2.75) is 6.42 Å².